The normalized spacial score (nSPS) is 10.1. The van der Waals surface area contributed by atoms with Gasteiger partial charge in [-0.25, -0.2) is 0 Å². The van der Waals surface area contributed by atoms with E-state index in [2.05, 4.69) is 42.1 Å². The van der Waals surface area contributed by atoms with Crippen LogP contribution in [0.1, 0.15) is 6.92 Å². The average molecular weight is 255 g/mol. The van der Waals surface area contributed by atoms with Gasteiger partial charge >= 0.3 is 0 Å². The average Bonchev–Trinajstić information content (AvgIpc) is 2.13. The predicted octanol–water partition coefficient (Wildman–Crippen LogP) is 1.82. The first kappa shape index (κ1) is 7.21. The molecule has 0 bridgehead atoms. The summed E-state index contributed by atoms with van der Waals surface area (Å²) >= 11 is 6.43. The molecule has 0 amide bonds. The summed E-state index contributed by atoms with van der Waals surface area (Å²) in [6, 6.07) is 0. The number of rotatable bonds is 1. The fourth-order valence-electron chi connectivity index (χ4n) is 0.449. The molecule has 0 aliphatic heterocycles. The summed E-state index contributed by atoms with van der Waals surface area (Å²) in [5.41, 5.74) is 0. The first-order chi connectivity index (χ1) is 4.24. The van der Waals surface area contributed by atoms with Crippen molar-refractivity contribution in [3.05, 3.63) is 9.21 Å². The van der Waals surface area contributed by atoms with Crippen LogP contribution >= 0.6 is 31.9 Å². The van der Waals surface area contributed by atoms with E-state index in [4.69, 9.17) is 0 Å². The number of hydrogen-bond acceptors (Lipinski definition) is 2. The number of nitrogens with zero attached hydrogens (tertiary/aromatic N) is 3. The number of aromatic nitrogens is 3. The standard InChI is InChI=1S/C4H5Br2N3/c1-2-9-7-3(5)4(6)8-9/h2H2,1H3. The molecule has 0 radical (unpaired) electrons. The van der Waals surface area contributed by atoms with E-state index in [1.165, 1.54) is 0 Å². The lowest BCUT2D eigenvalue weighted by molar-refractivity contribution is 0.565. The maximum atomic E-state index is 4.00. The predicted molar refractivity (Wildman–Crippen MR) is 41.1 cm³/mol. The van der Waals surface area contributed by atoms with Crippen molar-refractivity contribution >= 4 is 31.9 Å². The molecule has 0 aliphatic rings. The van der Waals surface area contributed by atoms with Crippen molar-refractivity contribution < 1.29 is 0 Å². The highest BCUT2D eigenvalue weighted by Crippen LogP contribution is 2.16. The van der Waals surface area contributed by atoms with Gasteiger partial charge in [0.2, 0.25) is 0 Å². The zero-order valence-electron chi connectivity index (χ0n) is 4.80. The highest BCUT2D eigenvalue weighted by Gasteiger charge is 2.01. The van der Waals surface area contributed by atoms with Crippen LogP contribution in [-0.4, -0.2) is 15.0 Å². The van der Waals surface area contributed by atoms with E-state index in [-0.39, 0.29) is 0 Å². The SMILES string of the molecule is CCn1nc(Br)c(Br)n1. The molecule has 0 spiro atoms. The maximum Gasteiger partial charge on any atom is 0.162 e. The smallest absolute Gasteiger partial charge is 0.162 e. The van der Waals surface area contributed by atoms with Crippen LogP contribution in [0.15, 0.2) is 9.21 Å². The molecule has 0 fully saturated rings. The Morgan fingerprint density at radius 2 is 1.78 bits per heavy atom. The molecule has 1 heterocycles. The van der Waals surface area contributed by atoms with Crippen molar-refractivity contribution in [1.82, 2.24) is 15.0 Å². The van der Waals surface area contributed by atoms with Crippen LogP contribution in [0.25, 0.3) is 0 Å². The first-order valence-electron chi connectivity index (χ1n) is 2.50. The third kappa shape index (κ3) is 1.52. The van der Waals surface area contributed by atoms with E-state index in [1.54, 1.807) is 4.80 Å². The molecule has 0 aliphatic carbocycles. The fourth-order valence-corrected chi connectivity index (χ4v) is 0.974. The lowest BCUT2D eigenvalue weighted by atomic mass is 10.8. The van der Waals surface area contributed by atoms with Crippen LogP contribution in [0.5, 0.6) is 0 Å². The van der Waals surface area contributed by atoms with Gasteiger partial charge in [0.15, 0.2) is 9.21 Å². The molecule has 0 aromatic carbocycles. The summed E-state index contributed by atoms with van der Waals surface area (Å²) in [5, 5.41) is 8.01. The van der Waals surface area contributed by atoms with Crippen molar-refractivity contribution in [1.29, 1.82) is 0 Å². The van der Waals surface area contributed by atoms with Crippen LogP contribution in [0.2, 0.25) is 0 Å². The van der Waals surface area contributed by atoms with Gasteiger partial charge in [0, 0.05) is 0 Å². The zero-order chi connectivity index (χ0) is 6.85. The molecule has 1 aromatic heterocycles. The maximum absolute atomic E-state index is 4.00. The van der Waals surface area contributed by atoms with Gasteiger partial charge in [-0.3, -0.25) is 0 Å². The van der Waals surface area contributed by atoms with Crippen molar-refractivity contribution in [2.45, 2.75) is 13.5 Å². The van der Waals surface area contributed by atoms with Crippen LogP contribution < -0.4 is 0 Å². The second-order valence-electron chi connectivity index (χ2n) is 1.47. The number of hydrogen-bond donors (Lipinski definition) is 0. The fraction of sp³-hybridized carbons (Fsp3) is 0.500. The van der Waals surface area contributed by atoms with E-state index in [9.17, 15) is 0 Å². The number of aryl methyl sites for hydroxylation is 1. The Morgan fingerprint density at radius 1 is 1.33 bits per heavy atom. The van der Waals surface area contributed by atoms with Gasteiger partial charge in [0.1, 0.15) is 0 Å². The summed E-state index contributed by atoms with van der Waals surface area (Å²) in [6.07, 6.45) is 0. The van der Waals surface area contributed by atoms with Crippen molar-refractivity contribution in [3.63, 3.8) is 0 Å². The van der Waals surface area contributed by atoms with Crippen LogP contribution in [0.4, 0.5) is 0 Å². The Hall–Kier alpha value is 0.1000. The molecule has 50 valence electrons. The third-order valence-electron chi connectivity index (χ3n) is 0.860. The number of halogens is 2. The topological polar surface area (TPSA) is 30.7 Å². The van der Waals surface area contributed by atoms with Gasteiger partial charge in [-0.2, -0.15) is 4.80 Å². The van der Waals surface area contributed by atoms with Crippen LogP contribution in [0.3, 0.4) is 0 Å². The van der Waals surface area contributed by atoms with Gasteiger partial charge in [-0.1, -0.05) is 0 Å². The lowest BCUT2D eigenvalue weighted by Crippen LogP contribution is -1.97. The molecule has 5 heteroatoms. The molecule has 1 rings (SSSR count). The summed E-state index contributed by atoms with van der Waals surface area (Å²) in [4.78, 5) is 1.61. The first-order valence-corrected chi connectivity index (χ1v) is 4.08. The van der Waals surface area contributed by atoms with Crippen molar-refractivity contribution in [2.75, 3.05) is 0 Å². The minimum Gasteiger partial charge on any atom is -0.183 e. The van der Waals surface area contributed by atoms with E-state index < -0.39 is 0 Å². The highest BCUT2D eigenvalue weighted by molar-refractivity contribution is 9.13. The summed E-state index contributed by atoms with van der Waals surface area (Å²) < 4.78 is 1.51. The molecule has 0 saturated carbocycles. The molecule has 0 N–H and O–H groups in total. The Kier molecular flexibility index (Phi) is 2.23. The molecule has 1 aromatic rings. The zero-order valence-corrected chi connectivity index (χ0v) is 7.98. The van der Waals surface area contributed by atoms with E-state index in [1.807, 2.05) is 6.92 Å². The molecule has 0 saturated heterocycles. The summed E-state index contributed by atoms with van der Waals surface area (Å²) in [5.74, 6) is 0. The van der Waals surface area contributed by atoms with Crippen molar-refractivity contribution in [2.24, 2.45) is 0 Å². The Morgan fingerprint density at radius 3 is 2.00 bits per heavy atom. The van der Waals surface area contributed by atoms with E-state index >= 15 is 0 Å². The Bertz CT molecular complexity index is 188. The van der Waals surface area contributed by atoms with E-state index in [0.717, 1.165) is 15.8 Å². The quantitative estimate of drug-likeness (QED) is 0.766. The van der Waals surface area contributed by atoms with Gasteiger partial charge in [-0.15, -0.1) is 10.2 Å². The highest BCUT2D eigenvalue weighted by atomic mass is 79.9. The van der Waals surface area contributed by atoms with Crippen LogP contribution in [0, 0.1) is 0 Å². The van der Waals surface area contributed by atoms with Gasteiger partial charge in [0.05, 0.1) is 6.54 Å². The summed E-state index contributed by atoms with van der Waals surface area (Å²) in [7, 11) is 0. The van der Waals surface area contributed by atoms with E-state index in [0.29, 0.717) is 0 Å². The molecule has 9 heavy (non-hydrogen) atoms. The third-order valence-corrected chi connectivity index (χ3v) is 2.46. The second-order valence-corrected chi connectivity index (χ2v) is 2.97. The molecule has 3 nitrogen and oxygen atoms in total. The molecular formula is C4H5Br2N3. The Labute approximate surface area is 69.7 Å². The largest absolute Gasteiger partial charge is 0.183 e. The Balaban J connectivity index is 2.98. The van der Waals surface area contributed by atoms with Gasteiger partial charge < -0.3 is 0 Å². The monoisotopic (exact) mass is 253 g/mol. The molecular weight excluding hydrogens is 250 g/mol. The van der Waals surface area contributed by atoms with Gasteiger partial charge in [-0.05, 0) is 38.8 Å². The molecule has 0 atom stereocenters. The van der Waals surface area contributed by atoms with Gasteiger partial charge in [0.25, 0.3) is 0 Å². The minimum absolute atomic E-state index is 0.754. The minimum atomic E-state index is 0.754. The van der Waals surface area contributed by atoms with Crippen molar-refractivity contribution in [3.8, 4) is 0 Å². The van der Waals surface area contributed by atoms with Crippen LogP contribution in [-0.2, 0) is 6.54 Å². The summed E-state index contributed by atoms with van der Waals surface area (Å²) in [6.45, 7) is 2.78. The second kappa shape index (κ2) is 2.79. The molecule has 0 unspecified atom stereocenters. The lowest BCUT2D eigenvalue weighted by Gasteiger charge is -1.86.